The number of aliphatic hydroxyl groups excluding tert-OH is 1. The molecule has 0 unspecified atom stereocenters. The largest absolute Gasteiger partial charge is 0.396 e. The smallest absolute Gasteiger partial charge is 0.227 e. The Hall–Kier alpha value is -2.68. The van der Waals surface area contributed by atoms with Crippen LogP contribution in [0.2, 0.25) is 5.02 Å². The summed E-state index contributed by atoms with van der Waals surface area (Å²) in [5, 5.41) is 13.1. The lowest BCUT2D eigenvalue weighted by molar-refractivity contribution is 0.299. The third kappa shape index (κ3) is 5.29. The van der Waals surface area contributed by atoms with Crippen molar-refractivity contribution < 1.29 is 13.5 Å². The molecule has 2 aromatic carbocycles. The van der Waals surface area contributed by atoms with E-state index in [1.54, 1.807) is 0 Å². The molecule has 2 aliphatic heterocycles. The Morgan fingerprint density at radius 1 is 1.03 bits per heavy atom. The Labute approximate surface area is 211 Å². The number of nitrogens with zero attached hydrogens (tertiary/aromatic N) is 3. The van der Waals surface area contributed by atoms with Gasteiger partial charge in [-0.3, -0.25) is 0 Å². The third-order valence-corrected chi connectivity index (χ3v) is 8.93. The van der Waals surface area contributed by atoms with Gasteiger partial charge in [-0.15, -0.1) is 0 Å². The average molecular weight is 513 g/mol. The van der Waals surface area contributed by atoms with Crippen LogP contribution in [-0.2, 0) is 22.7 Å². The molecule has 7 nitrogen and oxygen atoms in total. The predicted octanol–water partition coefficient (Wildman–Crippen LogP) is 4.51. The van der Waals surface area contributed by atoms with Crippen LogP contribution >= 0.6 is 11.6 Å². The number of piperidine rings is 1. The second-order valence-electron chi connectivity index (χ2n) is 9.18. The van der Waals surface area contributed by atoms with E-state index in [4.69, 9.17) is 26.7 Å². The molecule has 0 amide bonds. The van der Waals surface area contributed by atoms with Gasteiger partial charge in [0.15, 0.2) is 15.7 Å². The normalized spacial score (nSPS) is 17.7. The van der Waals surface area contributed by atoms with E-state index in [0.29, 0.717) is 42.6 Å². The molecule has 5 rings (SSSR count). The molecule has 1 aromatic heterocycles. The highest BCUT2D eigenvalue weighted by Crippen LogP contribution is 2.35. The Bertz CT molecular complexity index is 1290. The molecular formula is C26H29ClN4O3S. The second kappa shape index (κ2) is 10.1. The van der Waals surface area contributed by atoms with Gasteiger partial charge in [0, 0.05) is 30.4 Å². The van der Waals surface area contributed by atoms with Crippen LogP contribution < -0.4 is 10.2 Å². The molecule has 3 heterocycles. The molecule has 9 heteroatoms. The standard InChI is InChI=1S/C26H29ClN4O3S/c27-21-7-5-19(6-8-21)20-11-14-31(15-12-20)26-29-23-2-1-17-35(33,34)24(23)25(30-26)28-22-9-3-18(4-10-22)13-16-32/h3-10,20,32H,1-2,11-17H2,(H,28,29,30). The van der Waals surface area contributed by atoms with Crippen LogP contribution in [-0.4, -0.2) is 48.9 Å². The molecule has 1 fully saturated rings. The van der Waals surface area contributed by atoms with Crippen molar-refractivity contribution in [1.82, 2.24) is 9.97 Å². The first-order chi connectivity index (χ1) is 16.9. The number of rotatable bonds is 6. The highest BCUT2D eigenvalue weighted by atomic mass is 35.5. The van der Waals surface area contributed by atoms with Gasteiger partial charge in [0.2, 0.25) is 5.95 Å². The van der Waals surface area contributed by atoms with Crippen molar-refractivity contribution in [2.75, 3.05) is 35.7 Å². The van der Waals surface area contributed by atoms with Crippen LogP contribution in [0.15, 0.2) is 53.4 Å². The maximum absolute atomic E-state index is 13.0. The lowest BCUT2D eigenvalue weighted by atomic mass is 9.89. The summed E-state index contributed by atoms with van der Waals surface area (Å²) >= 11 is 6.04. The van der Waals surface area contributed by atoms with Crippen LogP contribution in [0.5, 0.6) is 0 Å². The summed E-state index contributed by atoms with van der Waals surface area (Å²) in [6.07, 6.45) is 3.70. The van der Waals surface area contributed by atoms with Gasteiger partial charge in [0.1, 0.15) is 4.90 Å². The minimum absolute atomic E-state index is 0.0858. The molecule has 0 spiro atoms. The highest BCUT2D eigenvalue weighted by Gasteiger charge is 2.32. The second-order valence-corrected chi connectivity index (χ2v) is 11.7. The highest BCUT2D eigenvalue weighted by molar-refractivity contribution is 7.91. The summed E-state index contributed by atoms with van der Waals surface area (Å²) in [4.78, 5) is 11.9. The summed E-state index contributed by atoms with van der Waals surface area (Å²) in [7, 11) is -3.46. The third-order valence-electron chi connectivity index (χ3n) is 6.80. The number of nitrogens with one attached hydrogen (secondary N) is 1. The lowest BCUT2D eigenvalue weighted by Gasteiger charge is -2.33. The van der Waals surface area contributed by atoms with Crippen molar-refractivity contribution in [3.05, 3.63) is 70.4 Å². The first-order valence-corrected chi connectivity index (χ1v) is 14.1. The van der Waals surface area contributed by atoms with E-state index in [2.05, 4.69) is 22.3 Å². The van der Waals surface area contributed by atoms with E-state index in [1.165, 1.54) is 5.56 Å². The van der Waals surface area contributed by atoms with Gasteiger partial charge in [-0.1, -0.05) is 35.9 Å². The zero-order valence-electron chi connectivity index (χ0n) is 19.5. The number of anilines is 3. The van der Waals surface area contributed by atoms with Gasteiger partial charge < -0.3 is 15.3 Å². The van der Waals surface area contributed by atoms with Crippen LogP contribution in [0, 0.1) is 0 Å². The minimum Gasteiger partial charge on any atom is -0.396 e. The lowest BCUT2D eigenvalue weighted by Crippen LogP contribution is -2.35. The molecule has 0 bridgehead atoms. The molecule has 2 N–H and O–H groups in total. The molecule has 2 aliphatic rings. The first-order valence-electron chi connectivity index (χ1n) is 12.0. The van der Waals surface area contributed by atoms with Gasteiger partial charge in [0.05, 0.1) is 11.4 Å². The SMILES string of the molecule is O=S1(=O)CCCc2nc(N3CCC(c4ccc(Cl)cc4)CC3)nc(Nc3ccc(CCO)cc3)c21. The molecule has 0 aliphatic carbocycles. The molecule has 184 valence electrons. The maximum atomic E-state index is 13.0. The van der Waals surface area contributed by atoms with Gasteiger partial charge in [0.25, 0.3) is 0 Å². The monoisotopic (exact) mass is 512 g/mol. The topological polar surface area (TPSA) is 95.4 Å². The first kappa shape index (κ1) is 24.0. The molecule has 1 saturated heterocycles. The number of aromatic nitrogens is 2. The number of benzene rings is 2. The number of aryl methyl sites for hydroxylation is 1. The molecule has 0 atom stereocenters. The zero-order valence-corrected chi connectivity index (χ0v) is 21.0. The minimum atomic E-state index is -3.46. The molecule has 3 aromatic rings. The predicted molar refractivity (Wildman–Crippen MR) is 139 cm³/mol. The Morgan fingerprint density at radius 3 is 2.43 bits per heavy atom. The van der Waals surface area contributed by atoms with Gasteiger partial charge in [-0.05, 0) is 73.4 Å². The summed E-state index contributed by atoms with van der Waals surface area (Å²) in [5.41, 5.74) is 3.65. The quantitative estimate of drug-likeness (QED) is 0.501. The maximum Gasteiger partial charge on any atom is 0.227 e. The van der Waals surface area contributed by atoms with Crippen molar-refractivity contribution in [2.24, 2.45) is 0 Å². The Kier molecular flexibility index (Phi) is 6.95. The van der Waals surface area contributed by atoms with Gasteiger partial charge in [-0.2, -0.15) is 4.98 Å². The fourth-order valence-electron chi connectivity index (χ4n) is 4.91. The number of hydrogen-bond acceptors (Lipinski definition) is 7. The molecular weight excluding hydrogens is 484 g/mol. The Balaban J connectivity index is 1.41. The van der Waals surface area contributed by atoms with Crippen molar-refractivity contribution in [1.29, 1.82) is 0 Å². The Morgan fingerprint density at radius 2 is 1.74 bits per heavy atom. The summed E-state index contributed by atoms with van der Waals surface area (Å²) in [6, 6.07) is 15.7. The van der Waals surface area contributed by atoms with Crippen molar-refractivity contribution in [3.63, 3.8) is 0 Å². The molecule has 35 heavy (non-hydrogen) atoms. The number of hydrogen-bond donors (Lipinski definition) is 2. The number of halogens is 1. The van der Waals surface area contributed by atoms with Crippen molar-refractivity contribution >= 4 is 38.9 Å². The van der Waals surface area contributed by atoms with E-state index in [-0.39, 0.29) is 17.3 Å². The van der Waals surface area contributed by atoms with E-state index in [9.17, 15) is 8.42 Å². The van der Waals surface area contributed by atoms with E-state index >= 15 is 0 Å². The fraction of sp³-hybridized carbons (Fsp3) is 0.385. The average Bonchev–Trinajstić information content (AvgIpc) is 2.85. The van der Waals surface area contributed by atoms with Gasteiger partial charge in [-0.25, -0.2) is 13.4 Å². The van der Waals surface area contributed by atoms with Crippen molar-refractivity contribution in [2.45, 2.75) is 42.9 Å². The summed E-state index contributed by atoms with van der Waals surface area (Å²) < 4.78 is 25.9. The van der Waals surface area contributed by atoms with Gasteiger partial charge >= 0.3 is 0 Å². The molecule has 0 saturated carbocycles. The van der Waals surface area contributed by atoms with Crippen LogP contribution in [0.1, 0.15) is 42.0 Å². The van der Waals surface area contributed by atoms with Crippen LogP contribution in [0.4, 0.5) is 17.5 Å². The summed E-state index contributed by atoms with van der Waals surface area (Å²) in [6.45, 7) is 1.69. The number of sulfone groups is 1. The zero-order chi connectivity index (χ0) is 24.4. The van der Waals surface area contributed by atoms with Crippen LogP contribution in [0.25, 0.3) is 0 Å². The summed E-state index contributed by atoms with van der Waals surface area (Å²) in [5.74, 6) is 1.49. The number of fused-ring (bicyclic) bond motifs is 1. The fourth-order valence-corrected chi connectivity index (χ4v) is 6.66. The van der Waals surface area contributed by atoms with E-state index < -0.39 is 9.84 Å². The van der Waals surface area contributed by atoms with E-state index in [0.717, 1.165) is 42.2 Å². The van der Waals surface area contributed by atoms with Crippen molar-refractivity contribution in [3.8, 4) is 0 Å². The van der Waals surface area contributed by atoms with Crippen LogP contribution in [0.3, 0.4) is 0 Å². The van der Waals surface area contributed by atoms with E-state index in [1.807, 2.05) is 36.4 Å². The number of aliphatic hydroxyl groups is 1. The molecule has 0 radical (unpaired) electrons.